The minimum absolute atomic E-state index is 0.00399. The molecule has 4 atom stereocenters. The lowest BCUT2D eigenvalue weighted by Gasteiger charge is -2.38. The minimum Gasteiger partial charge on any atom is -0.388 e. The van der Waals surface area contributed by atoms with Gasteiger partial charge in [0, 0.05) is 11.8 Å². The zero-order valence-electron chi connectivity index (χ0n) is 15.7. The molecule has 0 heterocycles. The summed E-state index contributed by atoms with van der Waals surface area (Å²) in [5.41, 5.74) is 4.00. The van der Waals surface area contributed by atoms with Crippen LogP contribution in [0.2, 0.25) is 0 Å². The first-order valence-corrected chi connectivity index (χ1v) is 8.90. The van der Waals surface area contributed by atoms with Gasteiger partial charge in [0.1, 0.15) is 0 Å². The molecule has 130 valence electrons. The molecule has 0 spiro atoms. The quantitative estimate of drug-likeness (QED) is 0.693. The second kappa shape index (κ2) is 5.57. The number of hydrogen-bond acceptors (Lipinski definition) is 2. The van der Waals surface area contributed by atoms with E-state index in [1.165, 1.54) is 0 Å². The largest absolute Gasteiger partial charge is 0.388 e. The van der Waals surface area contributed by atoms with E-state index in [0.717, 1.165) is 22.3 Å². The van der Waals surface area contributed by atoms with Crippen molar-refractivity contribution >= 4 is 12.2 Å². The van der Waals surface area contributed by atoms with Crippen molar-refractivity contribution in [2.24, 2.45) is 22.7 Å². The summed E-state index contributed by atoms with van der Waals surface area (Å²) in [4.78, 5) is 0. The summed E-state index contributed by atoms with van der Waals surface area (Å²) in [6, 6.07) is 4.13. The summed E-state index contributed by atoms with van der Waals surface area (Å²) >= 11 is 0. The molecular formula is C22H30O2. The molecular weight excluding hydrogens is 296 g/mol. The van der Waals surface area contributed by atoms with Crippen molar-refractivity contribution in [2.75, 3.05) is 0 Å². The monoisotopic (exact) mass is 326 g/mol. The van der Waals surface area contributed by atoms with Crippen LogP contribution in [-0.2, 0) is 0 Å². The van der Waals surface area contributed by atoms with Gasteiger partial charge in [-0.15, -0.1) is 0 Å². The predicted octanol–water partition coefficient (Wildman–Crippen LogP) is 5.13. The van der Waals surface area contributed by atoms with Gasteiger partial charge in [0.15, 0.2) is 0 Å². The fourth-order valence-corrected chi connectivity index (χ4v) is 4.01. The van der Waals surface area contributed by atoms with Crippen LogP contribution in [-0.4, -0.2) is 10.2 Å². The highest BCUT2D eigenvalue weighted by Crippen LogP contribution is 2.47. The molecule has 2 N–H and O–H groups in total. The highest BCUT2D eigenvalue weighted by molar-refractivity contribution is 5.68. The summed E-state index contributed by atoms with van der Waals surface area (Å²) < 4.78 is 0. The van der Waals surface area contributed by atoms with E-state index in [4.69, 9.17) is 0 Å². The van der Waals surface area contributed by atoms with Gasteiger partial charge in [0.05, 0.1) is 12.2 Å². The van der Waals surface area contributed by atoms with Gasteiger partial charge >= 0.3 is 0 Å². The molecule has 0 radical (unpaired) electrons. The van der Waals surface area contributed by atoms with Crippen LogP contribution in [0.4, 0.5) is 0 Å². The molecule has 0 aliphatic heterocycles. The standard InChI is InChI=1S/C22H30O2/c1-21(2,3)17-9-7-13-11-14-8-10-18(22(4,5)6)20(24)16(14)12-15(13)19(17)23/h7-12,17-20,23-24H,1-6H3/t17-,18+,19+,20-. The lowest BCUT2D eigenvalue weighted by molar-refractivity contribution is 0.0646. The lowest BCUT2D eigenvalue weighted by atomic mass is 9.69. The summed E-state index contributed by atoms with van der Waals surface area (Å²) in [6.45, 7) is 12.9. The highest BCUT2D eigenvalue weighted by atomic mass is 16.3. The van der Waals surface area contributed by atoms with Gasteiger partial charge in [-0.2, -0.15) is 0 Å². The molecule has 24 heavy (non-hydrogen) atoms. The molecule has 2 aliphatic carbocycles. The van der Waals surface area contributed by atoms with Crippen LogP contribution in [0, 0.1) is 22.7 Å². The fraction of sp³-hybridized carbons (Fsp3) is 0.545. The molecule has 0 bridgehead atoms. The van der Waals surface area contributed by atoms with E-state index < -0.39 is 12.2 Å². The number of rotatable bonds is 0. The molecule has 2 aliphatic rings. The summed E-state index contributed by atoms with van der Waals surface area (Å²) in [6.07, 6.45) is 7.44. The molecule has 1 aromatic carbocycles. The van der Waals surface area contributed by atoms with Gasteiger partial charge in [0.2, 0.25) is 0 Å². The van der Waals surface area contributed by atoms with Crippen LogP contribution in [0.15, 0.2) is 24.3 Å². The Morgan fingerprint density at radius 1 is 0.667 bits per heavy atom. The number of aliphatic hydroxyl groups excluding tert-OH is 2. The average molecular weight is 326 g/mol. The topological polar surface area (TPSA) is 40.5 Å². The van der Waals surface area contributed by atoms with Crippen molar-refractivity contribution in [1.82, 2.24) is 0 Å². The number of hydrogen-bond donors (Lipinski definition) is 2. The highest BCUT2D eigenvalue weighted by Gasteiger charge is 2.37. The molecule has 0 fully saturated rings. The fourth-order valence-electron chi connectivity index (χ4n) is 4.01. The second-order valence-electron chi connectivity index (χ2n) is 9.50. The number of benzene rings is 1. The summed E-state index contributed by atoms with van der Waals surface area (Å²) in [5.74, 6) is 0.162. The average Bonchev–Trinajstić information content (AvgIpc) is 2.44. The van der Waals surface area contributed by atoms with E-state index in [1.807, 2.05) is 6.07 Å². The zero-order chi connectivity index (χ0) is 17.9. The molecule has 0 aromatic heterocycles. The summed E-state index contributed by atoms with van der Waals surface area (Å²) in [5, 5.41) is 21.8. The predicted molar refractivity (Wildman–Crippen MR) is 100 cm³/mol. The second-order valence-corrected chi connectivity index (χ2v) is 9.50. The Bertz CT molecular complexity index is 641. The Balaban J connectivity index is 2.06. The van der Waals surface area contributed by atoms with Gasteiger partial charge < -0.3 is 10.2 Å². The van der Waals surface area contributed by atoms with E-state index in [-0.39, 0.29) is 22.7 Å². The van der Waals surface area contributed by atoms with Crippen LogP contribution >= 0.6 is 0 Å². The maximum Gasteiger partial charge on any atom is 0.0863 e. The third-order valence-corrected chi connectivity index (χ3v) is 5.57. The van der Waals surface area contributed by atoms with Crippen LogP contribution in [0.3, 0.4) is 0 Å². The SMILES string of the molecule is CC(C)(C)[C@@H]1C=Cc2cc3c(cc2[C@@H]1O)[C@@H](O)[C@@H](C(C)(C)C)C=C3. The smallest absolute Gasteiger partial charge is 0.0863 e. The third-order valence-electron chi connectivity index (χ3n) is 5.57. The summed E-state index contributed by atoms with van der Waals surface area (Å²) in [7, 11) is 0. The van der Waals surface area contributed by atoms with Crippen LogP contribution in [0.5, 0.6) is 0 Å². The van der Waals surface area contributed by atoms with Gasteiger partial charge in [-0.05, 0) is 45.2 Å². The van der Waals surface area contributed by atoms with Gasteiger partial charge in [-0.3, -0.25) is 0 Å². The lowest BCUT2D eigenvalue weighted by Crippen LogP contribution is -2.29. The molecule has 2 heteroatoms. The Morgan fingerprint density at radius 2 is 1.04 bits per heavy atom. The Kier molecular flexibility index (Phi) is 4.05. The van der Waals surface area contributed by atoms with E-state index >= 15 is 0 Å². The maximum absolute atomic E-state index is 10.9. The minimum atomic E-state index is -0.526. The molecule has 0 saturated carbocycles. The van der Waals surface area contributed by atoms with Crippen LogP contribution in [0.1, 0.15) is 76.0 Å². The Morgan fingerprint density at radius 3 is 1.38 bits per heavy atom. The third kappa shape index (κ3) is 2.87. The number of aliphatic hydroxyl groups is 2. The molecule has 0 unspecified atom stereocenters. The van der Waals surface area contributed by atoms with Crippen LogP contribution in [0.25, 0.3) is 12.2 Å². The van der Waals surface area contributed by atoms with Crippen molar-refractivity contribution in [3.05, 3.63) is 46.5 Å². The Labute approximate surface area is 145 Å². The van der Waals surface area contributed by atoms with E-state index in [9.17, 15) is 10.2 Å². The molecule has 3 rings (SSSR count). The normalized spacial score (nSPS) is 29.3. The van der Waals surface area contributed by atoms with Gasteiger partial charge in [-0.1, -0.05) is 65.8 Å². The van der Waals surface area contributed by atoms with Crippen molar-refractivity contribution in [3.63, 3.8) is 0 Å². The van der Waals surface area contributed by atoms with Crippen molar-refractivity contribution in [3.8, 4) is 0 Å². The molecule has 0 amide bonds. The molecule has 1 aromatic rings. The first kappa shape index (κ1) is 17.4. The van der Waals surface area contributed by atoms with Crippen molar-refractivity contribution in [2.45, 2.75) is 53.8 Å². The van der Waals surface area contributed by atoms with Crippen LogP contribution < -0.4 is 0 Å². The molecule has 0 saturated heterocycles. The van der Waals surface area contributed by atoms with E-state index in [2.05, 4.69) is 71.9 Å². The Hall–Kier alpha value is -1.38. The molecule has 2 nitrogen and oxygen atoms in total. The van der Waals surface area contributed by atoms with Gasteiger partial charge in [-0.25, -0.2) is 0 Å². The van der Waals surface area contributed by atoms with Crippen molar-refractivity contribution in [1.29, 1.82) is 0 Å². The van der Waals surface area contributed by atoms with E-state index in [0.29, 0.717) is 0 Å². The maximum atomic E-state index is 10.9. The van der Waals surface area contributed by atoms with Gasteiger partial charge in [0.25, 0.3) is 0 Å². The van der Waals surface area contributed by atoms with Crippen molar-refractivity contribution < 1.29 is 10.2 Å². The first-order chi connectivity index (χ1) is 11.0. The van der Waals surface area contributed by atoms with E-state index in [1.54, 1.807) is 0 Å². The number of fused-ring (bicyclic) bond motifs is 2. The zero-order valence-corrected chi connectivity index (χ0v) is 15.7. The first-order valence-electron chi connectivity index (χ1n) is 8.90.